The SMILES string of the molecule is O=C(CC1CCCCC1)Nc1cncc(-c2ccc3[nH]nc(-c4cc5c(-c6ccccn6)cncc5[nH]4)c3n2)c1. The minimum atomic E-state index is 0.0461. The van der Waals surface area contributed by atoms with Crippen molar-refractivity contribution in [2.24, 2.45) is 5.92 Å². The minimum Gasteiger partial charge on any atom is -0.352 e. The number of nitrogens with one attached hydrogen (secondary N) is 3. The fraction of sp³-hybridized carbons (Fsp3) is 0.226. The molecule has 0 saturated heterocycles. The lowest BCUT2D eigenvalue weighted by atomic mass is 9.87. The number of hydrogen-bond donors (Lipinski definition) is 3. The van der Waals surface area contributed by atoms with Crippen LogP contribution in [-0.4, -0.2) is 41.0 Å². The van der Waals surface area contributed by atoms with Gasteiger partial charge < -0.3 is 10.3 Å². The van der Waals surface area contributed by atoms with Gasteiger partial charge in [0.1, 0.15) is 11.2 Å². The molecule has 198 valence electrons. The number of nitrogens with zero attached hydrogens (tertiary/aromatic N) is 5. The van der Waals surface area contributed by atoms with Crippen LogP contribution in [0.25, 0.3) is 55.8 Å². The number of carbonyl (C=O) groups is 1. The average Bonchev–Trinajstić information content (AvgIpc) is 3.62. The number of aromatic nitrogens is 7. The lowest BCUT2D eigenvalue weighted by Crippen LogP contribution is -2.18. The van der Waals surface area contributed by atoms with E-state index in [1.165, 1.54) is 19.3 Å². The number of hydrogen-bond acceptors (Lipinski definition) is 6. The number of aromatic amines is 2. The van der Waals surface area contributed by atoms with E-state index in [9.17, 15) is 4.79 Å². The summed E-state index contributed by atoms with van der Waals surface area (Å²) >= 11 is 0. The number of amides is 1. The number of H-pyrrole nitrogens is 2. The van der Waals surface area contributed by atoms with Gasteiger partial charge in [0.25, 0.3) is 0 Å². The quantitative estimate of drug-likeness (QED) is 0.226. The summed E-state index contributed by atoms with van der Waals surface area (Å²) in [5.41, 5.74) is 8.06. The van der Waals surface area contributed by atoms with Gasteiger partial charge >= 0.3 is 0 Å². The van der Waals surface area contributed by atoms with Gasteiger partial charge in [-0.25, -0.2) is 4.98 Å². The van der Waals surface area contributed by atoms with Crippen molar-refractivity contribution in [1.29, 1.82) is 0 Å². The van der Waals surface area contributed by atoms with Gasteiger partial charge in [-0.2, -0.15) is 5.10 Å². The molecule has 0 aliphatic heterocycles. The molecule has 6 heterocycles. The maximum atomic E-state index is 12.7. The van der Waals surface area contributed by atoms with E-state index in [0.717, 1.165) is 63.0 Å². The zero-order chi connectivity index (χ0) is 26.9. The average molecular weight is 529 g/mol. The van der Waals surface area contributed by atoms with Crippen LogP contribution in [0.2, 0.25) is 0 Å². The Kier molecular flexibility index (Phi) is 6.24. The van der Waals surface area contributed by atoms with Crippen molar-refractivity contribution >= 4 is 33.5 Å². The van der Waals surface area contributed by atoms with Crippen LogP contribution in [0.5, 0.6) is 0 Å². The van der Waals surface area contributed by atoms with Gasteiger partial charge in [0.15, 0.2) is 0 Å². The van der Waals surface area contributed by atoms with E-state index in [-0.39, 0.29) is 5.91 Å². The number of fused-ring (bicyclic) bond motifs is 2. The van der Waals surface area contributed by atoms with Crippen LogP contribution in [0.1, 0.15) is 38.5 Å². The Hall–Kier alpha value is -4.92. The highest BCUT2D eigenvalue weighted by atomic mass is 16.1. The molecule has 9 nitrogen and oxygen atoms in total. The van der Waals surface area contributed by atoms with Crippen molar-refractivity contribution < 1.29 is 4.79 Å². The van der Waals surface area contributed by atoms with Gasteiger partial charge in [-0.15, -0.1) is 0 Å². The first-order valence-electron chi connectivity index (χ1n) is 13.7. The van der Waals surface area contributed by atoms with Crippen molar-refractivity contribution in [2.75, 3.05) is 5.32 Å². The van der Waals surface area contributed by atoms with Crippen molar-refractivity contribution in [1.82, 2.24) is 35.1 Å². The maximum absolute atomic E-state index is 12.7. The topological polar surface area (TPSA) is 125 Å². The lowest BCUT2D eigenvalue weighted by molar-refractivity contribution is -0.117. The fourth-order valence-corrected chi connectivity index (χ4v) is 5.67. The Labute approximate surface area is 230 Å². The Morgan fingerprint density at radius 1 is 0.925 bits per heavy atom. The standard InChI is InChI=1S/C31H28N8O/c40-29(12-19-6-2-1-3-7-19)35-21-13-20(15-32-16-21)24-9-10-26-30(37-24)31(39-38-26)27-14-22-23(17-33-18-28(22)36-27)25-8-4-5-11-34-25/h4-5,8-11,13-19,36H,1-3,6-7,12H2,(H,35,40)(H,38,39). The van der Waals surface area contributed by atoms with E-state index in [0.29, 0.717) is 23.7 Å². The zero-order valence-electron chi connectivity index (χ0n) is 21.9. The number of pyridine rings is 4. The van der Waals surface area contributed by atoms with Gasteiger partial charge in [0.05, 0.1) is 46.2 Å². The molecular weight excluding hydrogens is 500 g/mol. The Bertz CT molecular complexity index is 1820. The lowest BCUT2D eigenvalue weighted by Gasteiger charge is -2.20. The molecule has 40 heavy (non-hydrogen) atoms. The van der Waals surface area contributed by atoms with Gasteiger partial charge in [0.2, 0.25) is 5.91 Å². The highest BCUT2D eigenvalue weighted by Gasteiger charge is 2.18. The highest BCUT2D eigenvalue weighted by Crippen LogP contribution is 2.33. The molecule has 1 aliphatic rings. The number of anilines is 1. The van der Waals surface area contributed by atoms with E-state index in [4.69, 9.17) is 4.98 Å². The molecular formula is C31H28N8O. The first kappa shape index (κ1) is 24.1. The van der Waals surface area contributed by atoms with Gasteiger partial charge in [-0.3, -0.25) is 24.8 Å². The van der Waals surface area contributed by atoms with Crippen molar-refractivity contribution in [2.45, 2.75) is 38.5 Å². The van der Waals surface area contributed by atoms with Crippen molar-refractivity contribution in [3.8, 4) is 33.9 Å². The molecule has 1 fully saturated rings. The zero-order valence-corrected chi connectivity index (χ0v) is 21.9. The van der Waals surface area contributed by atoms with E-state index in [1.807, 2.05) is 42.6 Å². The molecule has 1 aliphatic carbocycles. The van der Waals surface area contributed by atoms with E-state index in [1.54, 1.807) is 24.8 Å². The van der Waals surface area contributed by atoms with Crippen LogP contribution in [-0.2, 0) is 4.79 Å². The molecule has 3 N–H and O–H groups in total. The largest absolute Gasteiger partial charge is 0.352 e. The van der Waals surface area contributed by atoms with E-state index >= 15 is 0 Å². The summed E-state index contributed by atoms with van der Waals surface area (Å²) in [6.45, 7) is 0. The molecule has 6 aromatic heterocycles. The number of rotatable bonds is 6. The Morgan fingerprint density at radius 3 is 2.70 bits per heavy atom. The van der Waals surface area contributed by atoms with E-state index < -0.39 is 0 Å². The second-order valence-corrected chi connectivity index (χ2v) is 10.4. The van der Waals surface area contributed by atoms with Gasteiger partial charge in [0, 0.05) is 41.5 Å². The van der Waals surface area contributed by atoms with Crippen LogP contribution in [0.15, 0.2) is 73.4 Å². The second kappa shape index (κ2) is 10.3. The molecule has 6 aromatic rings. The summed E-state index contributed by atoms with van der Waals surface area (Å²) in [6.07, 6.45) is 15.4. The smallest absolute Gasteiger partial charge is 0.224 e. The van der Waals surface area contributed by atoms with Crippen molar-refractivity contribution in [3.63, 3.8) is 0 Å². The molecule has 7 rings (SSSR count). The van der Waals surface area contributed by atoms with Gasteiger partial charge in [-0.1, -0.05) is 25.3 Å². The van der Waals surface area contributed by atoms with Crippen LogP contribution in [0.4, 0.5) is 5.69 Å². The third-order valence-electron chi connectivity index (χ3n) is 7.67. The van der Waals surface area contributed by atoms with Gasteiger partial charge in [-0.05, 0) is 55.2 Å². The highest BCUT2D eigenvalue weighted by molar-refractivity contribution is 5.99. The summed E-state index contributed by atoms with van der Waals surface area (Å²) in [6, 6.07) is 13.7. The maximum Gasteiger partial charge on any atom is 0.224 e. The third-order valence-corrected chi connectivity index (χ3v) is 7.67. The summed E-state index contributed by atoms with van der Waals surface area (Å²) in [7, 11) is 0. The predicted molar refractivity (Wildman–Crippen MR) is 155 cm³/mol. The predicted octanol–water partition coefficient (Wildman–Crippen LogP) is 6.53. The monoisotopic (exact) mass is 528 g/mol. The Balaban J connectivity index is 1.19. The minimum absolute atomic E-state index is 0.0461. The summed E-state index contributed by atoms with van der Waals surface area (Å²) < 4.78 is 0. The normalized spacial score (nSPS) is 14.1. The summed E-state index contributed by atoms with van der Waals surface area (Å²) in [5, 5.41) is 11.7. The molecule has 0 aromatic carbocycles. The Morgan fingerprint density at radius 2 is 1.82 bits per heavy atom. The fourth-order valence-electron chi connectivity index (χ4n) is 5.67. The third kappa shape index (κ3) is 4.70. The molecule has 9 heteroatoms. The number of carbonyl (C=O) groups excluding carboxylic acids is 1. The molecule has 0 unspecified atom stereocenters. The summed E-state index contributed by atoms with van der Waals surface area (Å²) in [5.74, 6) is 0.527. The molecule has 0 bridgehead atoms. The molecule has 1 amide bonds. The molecule has 0 atom stereocenters. The summed E-state index contributed by atoms with van der Waals surface area (Å²) in [4.78, 5) is 34.4. The van der Waals surface area contributed by atoms with Crippen LogP contribution >= 0.6 is 0 Å². The molecule has 1 saturated carbocycles. The van der Waals surface area contributed by atoms with Crippen LogP contribution in [0.3, 0.4) is 0 Å². The van der Waals surface area contributed by atoms with Crippen molar-refractivity contribution in [3.05, 3.63) is 73.4 Å². The molecule has 0 spiro atoms. The first-order chi connectivity index (χ1) is 19.7. The van der Waals surface area contributed by atoms with Crippen LogP contribution in [0, 0.1) is 5.92 Å². The second-order valence-electron chi connectivity index (χ2n) is 10.4. The first-order valence-corrected chi connectivity index (χ1v) is 13.7. The molecule has 0 radical (unpaired) electrons. The van der Waals surface area contributed by atoms with E-state index in [2.05, 4.69) is 41.5 Å². The van der Waals surface area contributed by atoms with Crippen LogP contribution < -0.4 is 5.32 Å².